The Hall–Kier alpha value is -1.83. The van der Waals surface area contributed by atoms with Gasteiger partial charge in [-0.1, -0.05) is 75.1 Å². The quantitative estimate of drug-likeness (QED) is 0.591. The van der Waals surface area contributed by atoms with Gasteiger partial charge in [0.1, 0.15) is 0 Å². The van der Waals surface area contributed by atoms with E-state index in [-0.39, 0.29) is 0 Å². The molecular formula is C22H31NO3. The van der Waals surface area contributed by atoms with E-state index in [1.165, 1.54) is 0 Å². The van der Waals surface area contributed by atoms with Crippen molar-refractivity contribution in [3.8, 4) is 11.8 Å². The summed E-state index contributed by atoms with van der Waals surface area (Å²) in [7, 11) is 0. The van der Waals surface area contributed by atoms with Gasteiger partial charge in [-0.15, -0.1) is 0 Å². The maximum Gasteiger partial charge on any atom is 0.344 e. The van der Waals surface area contributed by atoms with Gasteiger partial charge >= 0.3 is 5.97 Å². The third-order valence-electron chi connectivity index (χ3n) is 4.48. The van der Waals surface area contributed by atoms with Crippen LogP contribution >= 0.6 is 0 Å². The van der Waals surface area contributed by atoms with Gasteiger partial charge in [-0.3, -0.25) is 4.90 Å². The van der Waals surface area contributed by atoms with Crippen molar-refractivity contribution < 1.29 is 31.1 Å². The molecule has 0 aliphatic heterocycles. The van der Waals surface area contributed by atoms with Crippen molar-refractivity contribution in [1.82, 2.24) is 4.90 Å². The lowest BCUT2D eigenvalue weighted by Gasteiger charge is -2.36. The van der Waals surface area contributed by atoms with E-state index in [0.717, 1.165) is 19.3 Å². The highest BCUT2D eigenvalue weighted by Crippen LogP contribution is 2.40. The molecule has 0 amide bonds. The number of benzene rings is 1. The van der Waals surface area contributed by atoms with E-state index < -0.39 is 62.2 Å². The maximum atomic E-state index is 13.1. The van der Waals surface area contributed by atoms with Gasteiger partial charge in [0.25, 0.3) is 0 Å². The molecule has 26 heavy (non-hydrogen) atoms. The van der Waals surface area contributed by atoms with Gasteiger partial charge in [-0.2, -0.15) is 0 Å². The van der Waals surface area contributed by atoms with Crippen molar-refractivity contribution in [2.75, 3.05) is 26.1 Å². The molecule has 1 aromatic rings. The van der Waals surface area contributed by atoms with E-state index in [1.54, 1.807) is 30.3 Å². The molecule has 0 heterocycles. The molecule has 1 aliphatic rings. The standard InChI is InChI=1S/C22H31NO3/c1-3-23(4-2)17-11-12-18-26-21(24)22(25,19-13-7-5-8-14-19)20-15-9-6-10-16-20/h5,7-8,13-14,20,25H,3-4,6,9-10,15-18H2,1-2H3/t22-/m0/s1/i1D3,2D3,3D2,4D2,17D2. The van der Waals surface area contributed by atoms with Gasteiger partial charge in [0.2, 0.25) is 0 Å². The number of nitrogens with zero attached hydrogens (tertiary/aromatic N) is 1. The highest BCUT2D eigenvalue weighted by atomic mass is 16.5. The van der Waals surface area contributed by atoms with Crippen molar-refractivity contribution in [1.29, 1.82) is 0 Å². The minimum Gasteiger partial charge on any atom is -0.450 e. The molecule has 0 radical (unpaired) electrons. The number of carbonyl (C=O) groups excluding carboxylic acids is 1. The molecule has 4 heteroatoms. The summed E-state index contributed by atoms with van der Waals surface area (Å²) in [5.74, 6) is 2.41. The highest BCUT2D eigenvalue weighted by Gasteiger charge is 2.46. The minimum atomic E-state index is -3.80. The van der Waals surface area contributed by atoms with Gasteiger partial charge in [-0.25, -0.2) is 4.79 Å². The maximum absolute atomic E-state index is 13.1. The largest absolute Gasteiger partial charge is 0.450 e. The molecule has 1 saturated carbocycles. The first-order valence-electron chi connectivity index (χ1n) is 14.5. The second kappa shape index (κ2) is 10.4. The summed E-state index contributed by atoms with van der Waals surface area (Å²) in [6, 6.07) is 8.16. The van der Waals surface area contributed by atoms with E-state index >= 15 is 0 Å². The highest BCUT2D eigenvalue weighted by molar-refractivity contribution is 5.81. The van der Waals surface area contributed by atoms with Crippen LogP contribution in [-0.4, -0.2) is 42.1 Å². The predicted octanol–water partition coefficient (Wildman–Crippen LogP) is 3.34. The minimum absolute atomic E-state index is 0.308. The number of aliphatic hydroxyl groups is 1. The lowest BCUT2D eigenvalue weighted by Crippen LogP contribution is -2.45. The van der Waals surface area contributed by atoms with E-state index in [0.29, 0.717) is 18.4 Å². The molecule has 0 saturated heterocycles. The summed E-state index contributed by atoms with van der Waals surface area (Å²) in [6.45, 7) is -19.2. The summed E-state index contributed by atoms with van der Waals surface area (Å²) < 4.78 is 97.3. The van der Waals surface area contributed by atoms with E-state index in [4.69, 9.17) is 21.2 Å². The molecule has 0 bridgehead atoms. The number of hydrogen-bond acceptors (Lipinski definition) is 4. The normalized spacial score (nSPS) is 26.7. The number of rotatable bonds is 7. The zero-order valence-electron chi connectivity index (χ0n) is 26.4. The first kappa shape index (κ1) is 9.39. The van der Waals surface area contributed by atoms with Crippen molar-refractivity contribution in [2.45, 2.75) is 51.4 Å². The molecule has 4 nitrogen and oxygen atoms in total. The summed E-state index contributed by atoms with van der Waals surface area (Å²) in [4.78, 5) is 12.5. The average molecular weight is 370 g/mol. The lowest BCUT2D eigenvalue weighted by atomic mass is 9.73. The number of esters is 1. The van der Waals surface area contributed by atoms with Crippen LogP contribution in [-0.2, 0) is 15.1 Å². The molecule has 0 unspecified atom stereocenters. The third kappa shape index (κ3) is 5.09. The number of ether oxygens (including phenoxy) is 1. The Labute approximate surface area is 174 Å². The van der Waals surface area contributed by atoms with Gasteiger partial charge in [0, 0.05) is 19.6 Å². The molecule has 0 aromatic heterocycles. The molecule has 1 N–H and O–H groups in total. The molecule has 1 fully saturated rings. The van der Waals surface area contributed by atoms with Crippen LogP contribution in [0, 0.1) is 17.8 Å². The van der Waals surface area contributed by atoms with E-state index in [2.05, 4.69) is 5.92 Å². The second-order valence-electron chi connectivity index (χ2n) is 6.02. The Morgan fingerprint density at radius 3 is 2.62 bits per heavy atom. The average Bonchev–Trinajstić information content (AvgIpc) is 2.80. The van der Waals surface area contributed by atoms with Crippen LogP contribution in [0.15, 0.2) is 30.3 Å². The molecular weight excluding hydrogens is 326 g/mol. The van der Waals surface area contributed by atoms with Crippen LogP contribution in [0.5, 0.6) is 0 Å². The van der Waals surface area contributed by atoms with Crippen LogP contribution in [0.2, 0.25) is 0 Å². The Morgan fingerprint density at radius 2 is 1.96 bits per heavy atom. The molecule has 1 atom stereocenters. The fourth-order valence-electron chi connectivity index (χ4n) is 3.16. The monoisotopic (exact) mass is 369 g/mol. The lowest BCUT2D eigenvalue weighted by molar-refractivity contribution is -0.174. The summed E-state index contributed by atoms with van der Waals surface area (Å²) in [5, 5.41) is 11.5. The first-order chi connectivity index (χ1) is 17.2. The third-order valence-corrected chi connectivity index (χ3v) is 4.48. The first-order valence-corrected chi connectivity index (χ1v) is 8.46. The summed E-state index contributed by atoms with van der Waals surface area (Å²) in [5.41, 5.74) is -1.70. The number of carbonyl (C=O) groups is 1. The smallest absolute Gasteiger partial charge is 0.344 e. The molecule has 2 rings (SSSR count). The zero-order chi connectivity index (χ0) is 29.2. The molecule has 0 spiro atoms. The van der Waals surface area contributed by atoms with Crippen molar-refractivity contribution in [3.05, 3.63) is 35.9 Å². The summed E-state index contributed by atoms with van der Waals surface area (Å²) >= 11 is 0. The Kier molecular flexibility index (Phi) is 3.74. The van der Waals surface area contributed by atoms with Crippen LogP contribution in [0.1, 0.15) is 67.8 Å². The van der Waals surface area contributed by atoms with E-state index in [9.17, 15) is 9.90 Å². The predicted molar refractivity (Wildman–Crippen MR) is 103 cm³/mol. The molecule has 1 aliphatic carbocycles. The second-order valence-corrected chi connectivity index (χ2v) is 6.02. The Bertz CT molecular complexity index is 998. The molecule has 142 valence electrons. The van der Waals surface area contributed by atoms with E-state index in [1.807, 2.05) is 5.92 Å². The summed E-state index contributed by atoms with van der Waals surface area (Å²) in [6.07, 6.45) is 3.71. The number of hydrogen-bond donors (Lipinski definition) is 1. The fraction of sp³-hybridized carbons (Fsp3) is 0.591. The van der Waals surface area contributed by atoms with Crippen LogP contribution < -0.4 is 0 Å². The van der Waals surface area contributed by atoms with Gasteiger partial charge < -0.3 is 9.84 Å². The van der Waals surface area contributed by atoms with Crippen molar-refractivity contribution in [2.24, 2.45) is 5.92 Å². The van der Waals surface area contributed by atoms with Crippen LogP contribution in [0.3, 0.4) is 0 Å². The Balaban J connectivity index is 2.36. The van der Waals surface area contributed by atoms with Crippen molar-refractivity contribution in [3.63, 3.8) is 0 Å². The zero-order valence-corrected chi connectivity index (χ0v) is 14.4. The van der Waals surface area contributed by atoms with Crippen LogP contribution in [0.4, 0.5) is 0 Å². The topological polar surface area (TPSA) is 49.8 Å². The SMILES string of the molecule is [2H]C([2H])(C#CCOC(=O)[C@](O)(c1ccccc1)C1CCCCC1)N(C([2H])([2H])C([2H])([2H])[2H])C([2H])([2H])C([2H])([2H])[2H]. The molecule has 1 aromatic carbocycles. The fourth-order valence-corrected chi connectivity index (χ4v) is 3.16. The van der Waals surface area contributed by atoms with Gasteiger partial charge in [0.05, 0.1) is 9.24 Å². The Morgan fingerprint density at radius 1 is 1.27 bits per heavy atom. The van der Waals surface area contributed by atoms with Crippen LogP contribution in [0.25, 0.3) is 0 Å². The van der Waals surface area contributed by atoms with Gasteiger partial charge in [0.15, 0.2) is 12.2 Å². The van der Waals surface area contributed by atoms with Gasteiger partial charge in [-0.05, 0) is 31.4 Å². The van der Waals surface area contributed by atoms with Crippen molar-refractivity contribution >= 4 is 5.97 Å².